The maximum Gasteiger partial charge on any atom is 0.337 e. The fourth-order valence-corrected chi connectivity index (χ4v) is 3.03. The van der Waals surface area contributed by atoms with E-state index in [1.807, 2.05) is 6.92 Å². The summed E-state index contributed by atoms with van der Waals surface area (Å²) in [6.07, 6.45) is 0. The number of rotatable bonds is 5. The maximum atomic E-state index is 12.0. The SMILES string of the molecule is COC(=O)c1ccc(C)c(NC(=O)CSc2nnc(N)s2)c1. The lowest BCUT2D eigenvalue weighted by molar-refractivity contribution is -0.113. The Morgan fingerprint density at radius 2 is 2.18 bits per heavy atom. The molecule has 2 rings (SSSR count). The first kappa shape index (κ1) is 16.2. The molecule has 1 aromatic carbocycles. The standard InChI is InChI=1S/C13H14N4O3S2/c1-7-3-4-8(11(19)20-2)5-9(7)15-10(18)6-21-13-17-16-12(14)22-13/h3-5H,6H2,1-2H3,(H2,14,16)(H,15,18). The van der Waals surface area contributed by atoms with E-state index in [-0.39, 0.29) is 11.7 Å². The Balaban J connectivity index is 2.00. The van der Waals surface area contributed by atoms with Crippen molar-refractivity contribution in [3.05, 3.63) is 29.3 Å². The molecule has 0 aliphatic rings. The number of nitrogens with one attached hydrogen (secondary N) is 1. The third-order valence-electron chi connectivity index (χ3n) is 2.68. The van der Waals surface area contributed by atoms with E-state index >= 15 is 0 Å². The van der Waals surface area contributed by atoms with Crippen molar-refractivity contribution < 1.29 is 14.3 Å². The zero-order chi connectivity index (χ0) is 16.1. The number of aryl methyl sites for hydroxylation is 1. The molecule has 0 radical (unpaired) electrons. The highest BCUT2D eigenvalue weighted by molar-refractivity contribution is 8.01. The van der Waals surface area contributed by atoms with E-state index < -0.39 is 5.97 Å². The average Bonchev–Trinajstić information content (AvgIpc) is 2.92. The van der Waals surface area contributed by atoms with Crippen molar-refractivity contribution in [2.45, 2.75) is 11.3 Å². The molecule has 1 heterocycles. The normalized spacial score (nSPS) is 10.3. The second kappa shape index (κ2) is 7.23. The maximum absolute atomic E-state index is 12.0. The lowest BCUT2D eigenvalue weighted by atomic mass is 10.1. The number of carbonyl (C=O) groups is 2. The minimum Gasteiger partial charge on any atom is -0.465 e. The lowest BCUT2D eigenvalue weighted by Gasteiger charge is -2.09. The van der Waals surface area contributed by atoms with Crippen LogP contribution in [0.15, 0.2) is 22.5 Å². The van der Waals surface area contributed by atoms with Crippen LogP contribution in [0.5, 0.6) is 0 Å². The van der Waals surface area contributed by atoms with Crippen LogP contribution in [0.3, 0.4) is 0 Å². The molecule has 9 heteroatoms. The Morgan fingerprint density at radius 1 is 1.41 bits per heavy atom. The number of hydrogen-bond donors (Lipinski definition) is 2. The van der Waals surface area contributed by atoms with Crippen LogP contribution in [0.2, 0.25) is 0 Å². The number of hydrogen-bond acceptors (Lipinski definition) is 8. The minimum atomic E-state index is -0.450. The van der Waals surface area contributed by atoms with Gasteiger partial charge in [-0.15, -0.1) is 10.2 Å². The van der Waals surface area contributed by atoms with Gasteiger partial charge in [-0.25, -0.2) is 4.79 Å². The Hall–Kier alpha value is -2.13. The predicted molar refractivity (Wildman–Crippen MR) is 86.2 cm³/mol. The van der Waals surface area contributed by atoms with Gasteiger partial charge in [0.1, 0.15) is 0 Å². The Bertz CT molecular complexity index is 702. The summed E-state index contributed by atoms with van der Waals surface area (Å²) < 4.78 is 5.29. The summed E-state index contributed by atoms with van der Waals surface area (Å²) in [5.74, 6) is -0.477. The van der Waals surface area contributed by atoms with Crippen molar-refractivity contribution in [2.24, 2.45) is 0 Å². The van der Waals surface area contributed by atoms with E-state index in [2.05, 4.69) is 20.3 Å². The zero-order valence-corrected chi connectivity index (χ0v) is 13.6. The highest BCUT2D eigenvalue weighted by Crippen LogP contribution is 2.24. The third-order valence-corrected chi connectivity index (χ3v) is 4.57. The van der Waals surface area contributed by atoms with Gasteiger partial charge in [0.05, 0.1) is 18.4 Å². The van der Waals surface area contributed by atoms with Crippen molar-refractivity contribution in [3.63, 3.8) is 0 Å². The van der Waals surface area contributed by atoms with Gasteiger partial charge in [0.15, 0.2) is 4.34 Å². The molecule has 0 aliphatic heterocycles. The summed E-state index contributed by atoms with van der Waals surface area (Å²) in [5.41, 5.74) is 7.28. The second-order valence-corrected chi connectivity index (χ2v) is 6.50. The van der Waals surface area contributed by atoms with Crippen LogP contribution < -0.4 is 11.1 Å². The topological polar surface area (TPSA) is 107 Å². The fraction of sp³-hybridized carbons (Fsp3) is 0.231. The van der Waals surface area contributed by atoms with E-state index in [1.54, 1.807) is 18.2 Å². The van der Waals surface area contributed by atoms with Gasteiger partial charge in [0.25, 0.3) is 0 Å². The summed E-state index contributed by atoms with van der Waals surface area (Å²) in [4.78, 5) is 23.5. The van der Waals surface area contributed by atoms with Crippen molar-refractivity contribution >= 4 is 45.8 Å². The van der Waals surface area contributed by atoms with Crippen molar-refractivity contribution in [3.8, 4) is 0 Å². The second-order valence-electron chi connectivity index (χ2n) is 4.26. The molecule has 0 fully saturated rings. The molecule has 3 N–H and O–H groups in total. The van der Waals surface area contributed by atoms with Crippen LogP contribution in [0, 0.1) is 6.92 Å². The third kappa shape index (κ3) is 4.18. The number of amides is 1. The Morgan fingerprint density at radius 3 is 2.82 bits per heavy atom. The number of thioether (sulfide) groups is 1. The van der Waals surface area contributed by atoms with E-state index in [9.17, 15) is 9.59 Å². The number of nitrogens with zero attached hydrogens (tertiary/aromatic N) is 2. The molecule has 7 nitrogen and oxygen atoms in total. The molecule has 2 aromatic rings. The molecule has 1 aromatic heterocycles. The molecule has 0 bridgehead atoms. The summed E-state index contributed by atoms with van der Waals surface area (Å²) in [7, 11) is 1.31. The van der Waals surface area contributed by atoms with Gasteiger partial charge >= 0.3 is 5.97 Å². The van der Waals surface area contributed by atoms with Gasteiger partial charge in [-0.1, -0.05) is 29.2 Å². The summed E-state index contributed by atoms with van der Waals surface area (Å²) in [6.45, 7) is 1.84. The van der Waals surface area contributed by atoms with Crippen molar-refractivity contribution in [1.29, 1.82) is 0 Å². The molecular weight excluding hydrogens is 324 g/mol. The van der Waals surface area contributed by atoms with Crippen molar-refractivity contribution in [2.75, 3.05) is 23.9 Å². The number of benzene rings is 1. The number of aromatic nitrogens is 2. The molecular formula is C13H14N4O3S2. The van der Waals surface area contributed by atoms with Gasteiger partial charge in [-0.2, -0.15) is 0 Å². The van der Waals surface area contributed by atoms with E-state index in [4.69, 9.17) is 5.73 Å². The van der Waals surface area contributed by atoms with Gasteiger partial charge in [0, 0.05) is 5.69 Å². The van der Waals surface area contributed by atoms with Crippen LogP contribution in [-0.2, 0) is 9.53 Å². The van der Waals surface area contributed by atoms with Gasteiger partial charge in [-0.05, 0) is 24.6 Å². The van der Waals surface area contributed by atoms with E-state index in [0.29, 0.717) is 20.7 Å². The predicted octanol–water partition coefficient (Wildman–Crippen LogP) is 1.95. The number of ether oxygens (including phenoxy) is 1. The van der Waals surface area contributed by atoms with E-state index in [0.717, 1.165) is 5.56 Å². The largest absolute Gasteiger partial charge is 0.465 e. The molecule has 0 atom stereocenters. The molecule has 0 aliphatic carbocycles. The smallest absolute Gasteiger partial charge is 0.337 e. The first-order chi connectivity index (χ1) is 10.5. The number of esters is 1. The number of carbonyl (C=O) groups excluding carboxylic acids is 2. The molecule has 116 valence electrons. The summed E-state index contributed by atoms with van der Waals surface area (Å²) in [6, 6.07) is 4.99. The average molecular weight is 338 g/mol. The first-order valence-electron chi connectivity index (χ1n) is 6.20. The van der Waals surface area contributed by atoms with Crippen LogP contribution in [0.25, 0.3) is 0 Å². The first-order valence-corrected chi connectivity index (χ1v) is 8.00. The molecule has 0 saturated heterocycles. The number of nitrogen functional groups attached to an aromatic ring is 1. The molecule has 0 unspecified atom stereocenters. The highest BCUT2D eigenvalue weighted by atomic mass is 32.2. The van der Waals surface area contributed by atoms with E-state index in [1.165, 1.54) is 30.2 Å². The molecule has 0 spiro atoms. The number of methoxy groups -OCH3 is 1. The number of nitrogens with two attached hydrogens (primary N) is 1. The minimum absolute atomic E-state index is 0.177. The molecule has 0 saturated carbocycles. The van der Waals surface area contributed by atoms with Gasteiger partial charge < -0.3 is 15.8 Å². The van der Waals surface area contributed by atoms with Crippen LogP contribution in [0.4, 0.5) is 10.8 Å². The highest BCUT2D eigenvalue weighted by Gasteiger charge is 2.11. The zero-order valence-electron chi connectivity index (χ0n) is 12.0. The van der Waals surface area contributed by atoms with Gasteiger partial charge in [-0.3, -0.25) is 4.79 Å². The van der Waals surface area contributed by atoms with Crippen LogP contribution in [0.1, 0.15) is 15.9 Å². The van der Waals surface area contributed by atoms with Crippen LogP contribution in [-0.4, -0.2) is 34.9 Å². The van der Waals surface area contributed by atoms with Crippen molar-refractivity contribution in [1.82, 2.24) is 10.2 Å². The quantitative estimate of drug-likeness (QED) is 0.633. The number of anilines is 2. The Kier molecular flexibility index (Phi) is 5.34. The monoisotopic (exact) mass is 338 g/mol. The van der Waals surface area contributed by atoms with Gasteiger partial charge in [0.2, 0.25) is 11.0 Å². The molecule has 22 heavy (non-hydrogen) atoms. The lowest BCUT2D eigenvalue weighted by Crippen LogP contribution is -2.15. The molecule has 1 amide bonds. The van der Waals surface area contributed by atoms with Crippen LogP contribution >= 0.6 is 23.1 Å². The Labute approximate surface area is 135 Å². The fourth-order valence-electron chi connectivity index (χ4n) is 1.59. The summed E-state index contributed by atoms with van der Waals surface area (Å²) in [5, 5.41) is 10.6. The summed E-state index contributed by atoms with van der Waals surface area (Å²) >= 11 is 2.48.